The molecular weight excluding hydrogens is 180 g/mol. The highest BCUT2D eigenvalue weighted by atomic mass is 32.1. The molecule has 13 heavy (non-hydrogen) atoms. The average Bonchev–Trinajstić information content (AvgIpc) is 2.51. The Kier molecular flexibility index (Phi) is 2.02. The molecule has 0 aromatic carbocycles. The van der Waals surface area contributed by atoms with Crippen molar-refractivity contribution in [2.45, 2.75) is 6.92 Å². The van der Waals surface area contributed by atoms with Crippen LogP contribution in [0.25, 0.3) is 10.6 Å². The fourth-order valence-electron chi connectivity index (χ4n) is 1.21. The van der Waals surface area contributed by atoms with Crippen LogP contribution in [0.15, 0.2) is 29.6 Å². The lowest BCUT2D eigenvalue weighted by Crippen LogP contribution is -1.90. The lowest BCUT2D eigenvalue weighted by Gasteiger charge is -1.99. The van der Waals surface area contributed by atoms with Crippen LogP contribution in [0.1, 0.15) is 5.56 Å². The lowest BCUT2D eigenvalue weighted by atomic mass is 10.2. The summed E-state index contributed by atoms with van der Waals surface area (Å²) in [7, 11) is 0. The van der Waals surface area contributed by atoms with E-state index in [1.54, 1.807) is 17.4 Å². The Labute approximate surface area is 81.1 Å². The number of nitrogen functional groups attached to an aromatic ring is 1. The zero-order valence-corrected chi connectivity index (χ0v) is 8.14. The van der Waals surface area contributed by atoms with Crippen LogP contribution in [0.3, 0.4) is 0 Å². The van der Waals surface area contributed by atoms with E-state index in [0.717, 1.165) is 5.69 Å². The second-order valence-electron chi connectivity index (χ2n) is 2.88. The summed E-state index contributed by atoms with van der Waals surface area (Å²) >= 11 is 1.69. The first-order valence-corrected chi connectivity index (χ1v) is 4.92. The van der Waals surface area contributed by atoms with Gasteiger partial charge in [0.15, 0.2) is 0 Å². The number of rotatable bonds is 1. The third-order valence-electron chi connectivity index (χ3n) is 1.87. The van der Waals surface area contributed by atoms with Crippen LogP contribution in [0.2, 0.25) is 0 Å². The average molecular weight is 190 g/mol. The molecule has 2 nitrogen and oxygen atoms in total. The highest BCUT2D eigenvalue weighted by Gasteiger charge is 2.03. The van der Waals surface area contributed by atoms with E-state index in [-0.39, 0.29) is 0 Å². The second kappa shape index (κ2) is 3.18. The normalized spacial score (nSPS) is 10.2. The molecule has 0 fully saturated rings. The molecule has 3 heteroatoms. The van der Waals surface area contributed by atoms with E-state index in [4.69, 9.17) is 5.73 Å². The standard InChI is InChI=1S/C10H10N2S/c1-7-5-6-13-10(7)8-3-2-4-9(11)12-8/h2-6H,1H3,(H2,11,12). The first kappa shape index (κ1) is 8.26. The fraction of sp³-hybridized carbons (Fsp3) is 0.100. The minimum Gasteiger partial charge on any atom is -0.384 e. The highest BCUT2D eigenvalue weighted by Crippen LogP contribution is 2.27. The van der Waals surface area contributed by atoms with E-state index < -0.39 is 0 Å². The summed E-state index contributed by atoms with van der Waals surface area (Å²) < 4.78 is 0. The molecule has 2 N–H and O–H groups in total. The molecule has 0 aliphatic carbocycles. The predicted molar refractivity (Wildman–Crippen MR) is 56.7 cm³/mol. The van der Waals surface area contributed by atoms with Crippen molar-refractivity contribution in [3.8, 4) is 10.6 Å². The van der Waals surface area contributed by atoms with E-state index in [9.17, 15) is 0 Å². The topological polar surface area (TPSA) is 38.9 Å². The summed E-state index contributed by atoms with van der Waals surface area (Å²) in [6.07, 6.45) is 0. The van der Waals surface area contributed by atoms with Crippen LogP contribution in [0.4, 0.5) is 5.82 Å². The number of thiophene rings is 1. The van der Waals surface area contributed by atoms with Gasteiger partial charge in [-0.25, -0.2) is 4.98 Å². The molecule has 0 aliphatic heterocycles. The van der Waals surface area contributed by atoms with Gasteiger partial charge in [-0.2, -0.15) is 0 Å². The molecule has 66 valence electrons. The molecule has 0 spiro atoms. The number of pyridine rings is 1. The van der Waals surface area contributed by atoms with Gasteiger partial charge in [0.1, 0.15) is 5.82 Å². The van der Waals surface area contributed by atoms with Gasteiger partial charge in [0.25, 0.3) is 0 Å². The van der Waals surface area contributed by atoms with Crippen molar-refractivity contribution in [3.63, 3.8) is 0 Å². The SMILES string of the molecule is Cc1ccsc1-c1cccc(N)n1. The van der Waals surface area contributed by atoms with Crippen LogP contribution < -0.4 is 5.73 Å². The summed E-state index contributed by atoms with van der Waals surface area (Å²) in [5.41, 5.74) is 7.83. The highest BCUT2D eigenvalue weighted by molar-refractivity contribution is 7.13. The number of anilines is 1. The van der Waals surface area contributed by atoms with Gasteiger partial charge < -0.3 is 5.73 Å². The lowest BCUT2D eigenvalue weighted by molar-refractivity contribution is 1.34. The molecule has 2 rings (SSSR count). The van der Waals surface area contributed by atoms with Crippen molar-refractivity contribution in [1.29, 1.82) is 0 Å². The van der Waals surface area contributed by atoms with Gasteiger partial charge in [0.2, 0.25) is 0 Å². The Balaban J connectivity index is 2.53. The number of hydrogen-bond acceptors (Lipinski definition) is 3. The van der Waals surface area contributed by atoms with Gasteiger partial charge in [-0.05, 0) is 36.1 Å². The number of aromatic nitrogens is 1. The molecule has 0 amide bonds. The Hall–Kier alpha value is -1.35. The van der Waals surface area contributed by atoms with Gasteiger partial charge in [0, 0.05) is 0 Å². The quantitative estimate of drug-likeness (QED) is 0.751. The van der Waals surface area contributed by atoms with E-state index in [0.29, 0.717) is 5.82 Å². The first-order valence-electron chi connectivity index (χ1n) is 4.04. The van der Waals surface area contributed by atoms with Crippen molar-refractivity contribution >= 4 is 17.2 Å². The van der Waals surface area contributed by atoms with Crippen LogP contribution in [-0.4, -0.2) is 4.98 Å². The summed E-state index contributed by atoms with van der Waals surface area (Å²) in [5, 5.41) is 2.07. The molecule has 2 heterocycles. The van der Waals surface area contributed by atoms with Crippen LogP contribution in [-0.2, 0) is 0 Å². The minimum atomic E-state index is 0.574. The number of hydrogen-bond donors (Lipinski definition) is 1. The van der Waals surface area contributed by atoms with Gasteiger partial charge in [0.05, 0.1) is 10.6 Å². The summed E-state index contributed by atoms with van der Waals surface area (Å²) in [4.78, 5) is 5.47. The molecule has 0 saturated heterocycles. The van der Waals surface area contributed by atoms with Gasteiger partial charge in [-0.1, -0.05) is 6.07 Å². The molecule has 0 atom stereocenters. The van der Waals surface area contributed by atoms with Crippen molar-refractivity contribution < 1.29 is 0 Å². The Morgan fingerprint density at radius 3 is 2.77 bits per heavy atom. The molecule has 0 unspecified atom stereocenters. The first-order chi connectivity index (χ1) is 6.27. The summed E-state index contributed by atoms with van der Waals surface area (Å²) in [6, 6.07) is 7.79. The molecule has 0 saturated carbocycles. The van der Waals surface area contributed by atoms with Gasteiger partial charge in [-0.15, -0.1) is 11.3 Å². The fourth-order valence-corrected chi connectivity index (χ4v) is 2.11. The molecular formula is C10H10N2S. The maximum absolute atomic E-state index is 5.61. The number of nitrogens with two attached hydrogens (primary N) is 1. The van der Waals surface area contributed by atoms with Crippen molar-refractivity contribution in [2.75, 3.05) is 5.73 Å². The monoisotopic (exact) mass is 190 g/mol. The maximum Gasteiger partial charge on any atom is 0.124 e. The van der Waals surface area contributed by atoms with Gasteiger partial charge >= 0.3 is 0 Å². The van der Waals surface area contributed by atoms with Crippen molar-refractivity contribution in [1.82, 2.24) is 4.98 Å². The smallest absolute Gasteiger partial charge is 0.124 e. The number of nitrogens with zero attached hydrogens (tertiary/aromatic N) is 1. The predicted octanol–water partition coefficient (Wildman–Crippen LogP) is 2.70. The largest absolute Gasteiger partial charge is 0.384 e. The van der Waals surface area contributed by atoms with E-state index in [1.165, 1.54) is 10.4 Å². The maximum atomic E-state index is 5.61. The van der Waals surface area contributed by atoms with Crippen molar-refractivity contribution in [2.24, 2.45) is 0 Å². The molecule has 0 bridgehead atoms. The van der Waals surface area contributed by atoms with E-state index in [1.807, 2.05) is 12.1 Å². The summed E-state index contributed by atoms with van der Waals surface area (Å²) in [5.74, 6) is 0.574. The Bertz CT molecular complexity index is 420. The molecule has 2 aromatic heterocycles. The molecule has 0 radical (unpaired) electrons. The molecule has 0 aliphatic rings. The zero-order chi connectivity index (χ0) is 9.26. The van der Waals surface area contributed by atoms with E-state index >= 15 is 0 Å². The van der Waals surface area contributed by atoms with Crippen LogP contribution >= 0.6 is 11.3 Å². The van der Waals surface area contributed by atoms with E-state index in [2.05, 4.69) is 23.4 Å². The van der Waals surface area contributed by atoms with Gasteiger partial charge in [-0.3, -0.25) is 0 Å². The molecule has 2 aromatic rings. The third kappa shape index (κ3) is 1.55. The van der Waals surface area contributed by atoms with Crippen LogP contribution in [0, 0.1) is 6.92 Å². The van der Waals surface area contributed by atoms with Crippen molar-refractivity contribution in [3.05, 3.63) is 35.2 Å². The summed E-state index contributed by atoms with van der Waals surface area (Å²) in [6.45, 7) is 2.08. The third-order valence-corrected chi connectivity index (χ3v) is 2.90. The zero-order valence-electron chi connectivity index (χ0n) is 7.32. The Morgan fingerprint density at radius 2 is 2.15 bits per heavy atom. The number of aryl methyl sites for hydroxylation is 1. The minimum absolute atomic E-state index is 0.574. The Morgan fingerprint density at radius 1 is 1.31 bits per heavy atom. The van der Waals surface area contributed by atoms with Crippen LogP contribution in [0.5, 0.6) is 0 Å². The second-order valence-corrected chi connectivity index (χ2v) is 3.80.